The van der Waals surface area contributed by atoms with Crippen molar-refractivity contribution in [2.75, 3.05) is 11.9 Å². The van der Waals surface area contributed by atoms with Gasteiger partial charge in [-0.05, 0) is 62.5 Å². The summed E-state index contributed by atoms with van der Waals surface area (Å²) in [5.74, 6) is -0.644. The van der Waals surface area contributed by atoms with E-state index in [0.717, 1.165) is 42.4 Å². The van der Waals surface area contributed by atoms with Crippen LogP contribution in [0.2, 0.25) is 0 Å². The summed E-state index contributed by atoms with van der Waals surface area (Å²) in [6.07, 6.45) is 3.34. The van der Waals surface area contributed by atoms with E-state index in [0.29, 0.717) is 30.2 Å². The smallest absolute Gasteiger partial charge is 0.412 e. The van der Waals surface area contributed by atoms with Gasteiger partial charge in [0.25, 0.3) is 0 Å². The molecule has 0 radical (unpaired) electrons. The quantitative estimate of drug-likeness (QED) is 0.335. The fourth-order valence-corrected chi connectivity index (χ4v) is 5.86. The van der Waals surface area contributed by atoms with Gasteiger partial charge in [0.05, 0.1) is 18.1 Å². The molecule has 1 unspecified atom stereocenters. The molecule has 3 aliphatic rings. The summed E-state index contributed by atoms with van der Waals surface area (Å²) in [5, 5.41) is 16.2. The van der Waals surface area contributed by atoms with Crippen molar-refractivity contribution < 1.29 is 28.7 Å². The number of fused-ring (bicyclic) bond motifs is 3. The molecule has 200 valence electrons. The van der Waals surface area contributed by atoms with Crippen LogP contribution in [0.15, 0.2) is 59.1 Å². The van der Waals surface area contributed by atoms with Crippen LogP contribution in [0.5, 0.6) is 0 Å². The first-order valence-electron chi connectivity index (χ1n) is 13.2. The van der Waals surface area contributed by atoms with Gasteiger partial charge in [0.1, 0.15) is 17.5 Å². The van der Waals surface area contributed by atoms with Crippen molar-refractivity contribution in [1.82, 2.24) is 5.16 Å². The largest absolute Gasteiger partial charge is 0.481 e. The van der Waals surface area contributed by atoms with Crippen LogP contribution in [-0.4, -0.2) is 28.9 Å². The van der Waals surface area contributed by atoms with Gasteiger partial charge in [-0.2, -0.15) is 0 Å². The number of amides is 1. The molecule has 1 amide bonds. The van der Waals surface area contributed by atoms with E-state index >= 15 is 0 Å². The maximum absolute atomic E-state index is 12.7. The Morgan fingerprint density at radius 1 is 1.05 bits per heavy atom. The average molecular weight is 519 g/mol. The minimum Gasteiger partial charge on any atom is -0.481 e. The fraction of sp³-hybridized carbons (Fsp3) is 0.433. The number of aromatic nitrogens is 1. The van der Waals surface area contributed by atoms with Crippen LogP contribution in [0.3, 0.4) is 0 Å². The topological polar surface area (TPSA) is 111 Å². The maximum Gasteiger partial charge on any atom is 0.412 e. The molecule has 2 bridgehead atoms. The van der Waals surface area contributed by atoms with Gasteiger partial charge in [-0.3, -0.25) is 10.1 Å². The summed E-state index contributed by atoms with van der Waals surface area (Å²) >= 11 is 0. The number of hydrogen-bond donors (Lipinski definition) is 2. The Morgan fingerprint density at radius 2 is 1.74 bits per heavy atom. The Morgan fingerprint density at radius 3 is 2.34 bits per heavy atom. The van der Waals surface area contributed by atoms with Gasteiger partial charge in [0.15, 0.2) is 5.76 Å². The van der Waals surface area contributed by atoms with E-state index in [-0.39, 0.29) is 16.9 Å². The highest BCUT2D eigenvalue weighted by atomic mass is 16.6. The summed E-state index contributed by atoms with van der Waals surface area (Å²) in [7, 11) is 0. The number of carbonyl (C=O) groups excluding carboxylic acids is 1. The zero-order valence-electron chi connectivity index (χ0n) is 22.0. The summed E-state index contributed by atoms with van der Waals surface area (Å²) < 4.78 is 17.6. The van der Waals surface area contributed by atoms with E-state index in [2.05, 4.69) is 10.5 Å². The fourth-order valence-electron chi connectivity index (χ4n) is 5.86. The molecule has 2 saturated heterocycles. The van der Waals surface area contributed by atoms with E-state index in [1.54, 1.807) is 13.8 Å². The van der Waals surface area contributed by atoms with Crippen LogP contribution in [-0.2, 0) is 19.9 Å². The number of carboxylic acid groups (broad SMARTS) is 1. The lowest BCUT2D eigenvalue weighted by Crippen LogP contribution is -2.50. The first-order valence-corrected chi connectivity index (χ1v) is 13.2. The lowest BCUT2D eigenvalue weighted by Gasteiger charge is -2.54. The molecule has 3 aromatic rings. The number of rotatable bonds is 8. The molecule has 2 atom stereocenters. The second-order valence-corrected chi connectivity index (χ2v) is 10.9. The number of carboxylic acids is 1. The summed E-state index contributed by atoms with van der Waals surface area (Å²) in [5.41, 5.74) is 3.44. The number of carbonyl (C=O) groups is 2. The molecule has 8 nitrogen and oxygen atoms in total. The normalized spacial score (nSPS) is 24.0. The lowest BCUT2D eigenvalue weighted by molar-refractivity contribution is -0.195. The highest BCUT2D eigenvalue weighted by Crippen LogP contribution is 2.56. The molecule has 1 aliphatic carbocycles. The SMILES string of the molecule is Cc1noc(-c2ccc(C34CCC(C[C@@H](C)C(=O)O)(CC3)CO4)cc2)c1NC(=O)OC(C)c1ccccc1. The Labute approximate surface area is 222 Å². The van der Waals surface area contributed by atoms with Crippen LogP contribution in [0.1, 0.15) is 68.9 Å². The number of nitrogens with zero attached hydrogens (tertiary/aromatic N) is 1. The number of aliphatic carboxylic acids is 1. The number of ether oxygens (including phenoxy) is 2. The summed E-state index contributed by atoms with van der Waals surface area (Å²) in [4.78, 5) is 24.0. The maximum atomic E-state index is 12.7. The first kappa shape index (κ1) is 26.0. The van der Waals surface area contributed by atoms with E-state index < -0.39 is 18.2 Å². The molecule has 6 rings (SSSR count). The number of nitrogens with one attached hydrogen (secondary N) is 1. The third kappa shape index (κ3) is 5.05. The van der Waals surface area contributed by atoms with Gasteiger partial charge in [-0.15, -0.1) is 0 Å². The Hall–Kier alpha value is -3.65. The number of anilines is 1. The number of hydrogen-bond acceptors (Lipinski definition) is 6. The van der Waals surface area contributed by atoms with Crippen LogP contribution in [0.25, 0.3) is 11.3 Å². The van der Waals surface area contributed by atoms with Gasteiger partial charge < -0.3 is 19.1 Å². The van der Waals surface area contributed by atoms with Gasteiger partial charge in [-0.25, -0.2) is 4.79 Å². The molecule has 1 saturated carbocycles. The van der Waals surface area contributed by atoms with Crippen molar-refractivity contribution in [3.63, 3.8) is 0 Å². The Kier molecular flexibility index (Phi) is 7.01. The molecular formula is C30H34N2O6. The third-order valence-electron chi connectivity index (χ3n) is 8.25. The predicted octanol–water partition coefficient (Wildman–Crippen LogP) is 6.86. The summed E-state index contributed by atoms with van der Waals surface area (Å²) in [6.45, 7) is 5.96. The highest BCUT2D eigenvalue weighted by molar-refractivity contribution is 5.90. The van der Waals surface area contributed by atoms with Crippen LogP contribution < -0.4 is 5.32 Å². The van der Waals surface area contributed by atoms with Crippen molar-refractivity contribution >= 4 is 17.7 Å². The zero-order chi connectivity index (χ0) is 26.9. The van der Waals surface area contributed by atoms with Crippen LogP contribution >= 0.6 is 0 Å². The van der Waals surface area contributed by atoms with Gasteiger partial charge in [0, 0.05) is 5.56 Å². The minimum absolute atomic E-state index is 0.0376. The minimum atomic E-state index is -0.743. The average Bonchev–Trinajstić information content (AvgIpc) is 3.29. The van der Waals surface area contributed by atoms with Crippen molar-refractivity contribution in [1.29, 1.82) is 0 Å². The second-order valence-electron chi connectivity index (χ2n) is 10.9. The van der Waals surface area contributed by atoms with E-state index in [1.165, 1.54) is 0 Å². The zero-order valence-corrected chi connectivity index (χ0v) is 22.0. The highest BCUT2D eigenvalue weighted by Gasteiger charge is 2.51. The predicted molar refractivity (Wildman–Crippen MR) is 142 cm³/mol. The lowest BCUT2D eigenvalue weighted by atomic mass is 9.61. The van der Waals surface area contributed by atoms with Crippen LogP contribution in [0, 0.1) is 18.3 Å². The van der Waals surface area contributed by atoms with E-state index in [1.807, 2.05) is 61.5 Å². The third-order valence-corrected chi connectivity index (χ3v) is 8.25. The van der Waals surface area contributed by atoms with Crippen LogP contribution in [0.4, 0.5) is 10.5 Å². The molecule has 1 aromatic heterocycles. The molecule has 8 heteroatoms. The molecule has 2 N–H and O–H groups in total. The van der Waals surface area contributed by atoms with Crippen molar-refractivity contribution in [3.05, 3.63) is 71.4 Å². The monoisotopic (exact) mass is 518 g/mol. The van der Waals surface area contributed by atoms with Gasteiger partial charge >= 0.3 is 12.1 Å². The Bertz CT molecular complexity index is 1280. The second kappa shape index (κ2) is 10.3. The number of aryl methyl sites for hydroxylation is 1. The standard InChI is InChI=1S/C30H34N2O6/c1-19(27(33)34)17-29-13-15-30(16-14-29,36-18-29)24-11-9-23(10-12-24)26-25(20(2)32-38-26)31-28(35)37-21(3)22-7-5-4-6-8-22/h4-12,19,21H,13-18H2,1-3H3,(H,31,35)(H,33,34)/t19-,21?,29?,30?/m1/s1. The molecule has 2 aromatic carbocycles. The van der Waals surface area contributed by atoms with Crippen molar-refractivity contribution in [3.8, 4) is 11.3 Å². The molecule has 2 aliphatic heterocycles. The van der Waals surface area contributed by atoms with Gasteiger partial charge in [0.2, 0.25) is 0 Å². The van der Waals surface area contributed by atoms with Crippen molar-refractivity contribution in [2.45, 2.75) is 64.6 Å². The molecule has 38 heavy (non-hydrogen) atoms. The van der Waals surface area contributed by atoms with E-state index in [9.17, 15) is 14.7 Å². The summed E-state index contributed by atoms with van der Waals surface area (Å²) in [6, 6.07) is 17.6. The molecule has 0 spiro atoms. The van der Waals surface area contributed by atoms with E-state index in [4.69, 9.17) is 14.0 Å². The van der Waals surface area contributed by atoms with Gasteiger partial charge in [-0.1, -0.05) is 66.7 Å². The Balaban J connectivity index is 1.27. The van der Waals surface area contributed by atoms with Crippen molar-refractivity contribution in [2.24, 2.45) is 11.3 Å². The molecule has 3 fully saturated rings. The molecular weight excluding hydrogens is 484 g/mol. The first-order chi connectivity index (χ1) is 18.2. The molecule has 3 heterocycles. The number of benzene rings is 2.